The molecule has 4 heteroatoms. The summed E-state index contributed by atoms with van der Waals surface area (Å²) in [7, 11) is 0. The molecule has 2 rings (SSSR count). The average Bonchev–Trinajstić information content (AvgIpc) is 3.03. The summed E-state index contributed by atoms with van der Waals surface area (Å²) >= 11 is 3.29. The predicted octanol–water partition coefficient (Wildman–Crippen LogP) is 3.26. The molecule has 1 saturated carbocycles. The molecule has 0 amide bonds. The zero-order valence-electron chi connectivity index (χ0n) is 8.71. The van der Waals surface area contributed by atoms with Crippen molar-refractivity contribution in [3.05, 3.63) is 28.0 Å². The van der Waals surface area contributed by atoms with Gasteiger partial charge >= 0.3 is 0 Å². The molecule has 1 aromatic rings. The van der Waals surface area contributed by atoms with Gasteiger partial charge in [-0.3, -0.25) is 0 Å². The molecule has 1 fully saturated rings. The minimum absolute atomic E-state index is 0.261. The zero-order chi connectivity index (χ0) is 11.5. The molecule has 0 heterocycles. The van der Waals surface area contributed by atoms with E-state index in [9.17, 15) is 9.18 Å². The maximum atomic E-state index is 13.2. The van der Waals surface area contributed by atoms with Gasteiger partial charge in [-0.2, -0.15) is 0 Å². The molecule has 86 valence electrons. The smallest absolute Gasteiger partial charge is 0.137 e. The van der Waals surface area contributed by atoms with Gasteiger partial charge in [0, 0.05) is 6.42 Å². The van der Waals surface area contributed by atoms with Crippen LogP contribution in [-0.2, 0) is 11.2 Å². The van der Waals surface area contributed by atoms with Crippen molar-refractivity contribution in [2.24, 2.45) is 0 Å². The summed E-state index contributed by atoms with van der Waals surface area (Å²) in [4.78, 5) is 10.3. The molecule has 1 aromatic carbocycles. The lowest BCUT2D eigenvalue weighted by molar-refractivity contribution is -0.107. The number of carbonyl (C=O) groups excluding carboxylic acids is 1. The van der Waals surface area contributed by atoms with Crippen molar-refractivity contribution >= 4 is 22.2 Å². The van der Waals surface area contributed by atoms with Crippen LogP contribution in [0.5, 0.6) is 5.75 Å². The van der Waals surface area contributed by atoms with Crippen LogP contribution in [0.15, 0.2) is 16.6 Å². The molecule has 0 spiro atoms. The standard InChI is InChI=1S/C12H12BrFO2/c13-11-7-9(14)6-8(2-1-5-15)12(11)16-10-3-4-10/h5-7,10H,1-4H2. The van der Waals surface area contributed by atoms with E-state index in [0.29, 0.717) is 23.1 Å². The van der Waals surface area contributed by atoms with E-state index in [1.165, 1.54) is 12.1 Å². The minimum Gasteiger partial charge on any atom is -0.489 e. The normalized spacial score (nSPS) is 14.9. The molecule has 2 nitrogen and oxygen atoms in total. The topological polar surface area (TPSA) is 26.3 Å². The first-order valence-corrected chi connectivity index (χ1v) is 6.08. The van der Waals surface area contributed by atoms with Crippen LogP contribution in [0.25, 0.3) is 0 Å². The van der Waals surface area contributed by atoms with E-state index in [4.69, 9.17) is 4.74 Å². The maximum absolute atomic E-state index is 13.2. The lowest BCUT2D eigenvalue weighted by Crippen LogP contribution is -2.02. The molecule has 0 unspecified atom stereocenters. The second kappa shape index (κ2) is 4.95. The highest BCUT2D eigenvalue weighted by Crippen LogP contribution is 2.36. The van der Waals surface area contributed by atoms with E-state index in [1.54, 1.807) is 0 Å². The van der Waals surface area contributed by atoms with Crippen molar-refractivity contribution in [2.45, 2.75) is 31.8 Å². The van der Waals surface area contributed by atoms with E-state index in [0.717, 1.165) is 24.7 Å². The van der Waals surface area contributed by atoms with Crippen LogP contribution in [0, 0.1) is 5.82 Å². The number of aldehydes is 1. The fraction of sp³-hybridized carbons (Fsp3) is 0.417. The van der Waals surface area contributed by atoms with Gasteiger partial charge < -0.3 is 9.53 Å². The molecular formula is C12H12BrFO2. The third-order valence-electron chi connectivity index (χ3n) is 2.43. The third kappa shape index (κ3) is 2.82. The Morgan fingerprint density at radius 1 is 1.50 bits per heavy atom. The molecular weight excluding hydrogens is 275 g/mol. The van der Waals surface area contributed by atoms with Crippen molar-refractivity contribution in [1.82, 2.24) is 0 Å². The molecule has 0 aliphatic heterocycles. The fourth-order valence-corrected chi connectivity index (χ4v) is 2.07. The summed E-state index contributed by atoms with van der Waals surface area (Å²) in [5.74, 6) is 0.377. The van der Waals surface area contributed by atoms with Crippen molar-refractivity contribution in [2.75, 3.05) is 0 Å². The predicted molar refractivity (Wildman–Crippen MR) is 62.1 cm³/mol. The average molecular weight is 287 g/mol. The summed E-state index contributed by atoms with van der Waals surface area (Å²) in [6.07, 6.45) is 4.10. The van der Waals surface area contributed by atoms with Crippen molar-refractivity contribution in [3.63, 3.8) is 0 Å². The monoisotopic (exact) mass is 286 g/mol. The van der Waals surface area contributed by atoms with Gasteiger partial charge in [0.05, 0.1) is 10.6 Å². The van der Waals surface area contributed by atoms with Gasteiger partial charge in [0.25, 0.3) is 0 Å². The molecule has 1 aliphatic carbocycles. The first-order valence-electron chi connectivity index (χ1n) is 5.29. The minimum atomic E-state index is -0.309. The molecule has 1 aliphatic rings. The van der Waals surface area contributed by atoms with Crippen LogP contribution in [-0.4, -0.2) is 12.4 Å². The Balaban J connectivity index is 2.25. The third-order valence-corrected chi connectivity index (χ3v) is 3.01. The van der Waals surface area contributed by atoms with Crippen LogP contribution < -0.4 is 4.74 Å². The van der Waals surface area contributed by atoms with Crippen LogP contribution >= 0.6 is 15.9 Å². The van der Waals surface area contributed by atoms with Crippen LogP contribution in [0.2, 0.25) is 0 Å². The quantitative estimate of drug-likeness (QED) is 0.777. The van der Waals surface area contributed by atoms with Crippen molar-refractivity contribution < 1.29 is 13.9 Å². The van der Waals surface area contributed by atoms with Gasteiger partial charge in [0.2, 0.25) is 0 Å². The Hall–Kier alpha value is -0.900. The summed E-state index contributed by atoms with van der Waals surface area (Å²) in [6, 6.07) is 2.83. The van der Waals surface area contributed by atoms with E-state index < -0.39 is 0 Å². The molecule has 0 N–H and O–H groups in total. The number of rotatable bonds is 5. The van der Waals surface area contributed by atoms with Gasteiger partial charge in [-0.25, -0.2) is 4.39 Å². The summed E-state index contributed by atoms with van der Waals surface area (Å²) in [5.41, 5.74) is 0.755. The first-order chi connectivity index (χ1) is 7.70. The highest BCUT2D eigenvalue weighted by atomic mass is 79.9. The number of hydrogen-bond acceptors (Lipinski definition) is 2. The molecule has 0 aromatic heterocycles. The number of carbonyl (C=O) groups is 1. The van der Waals surface area contributed by atoms with E-state index in [1.807, 2.05) is 0 Å². The Morgan fingerprint density at radius 2 is 2.25 bits per heavy atom. The summed E-state index contributed by atoms with van der Waals surface area (Å²) in [5, 5.41) is 0. The van der Waals surface area contributed by atoms with Gasteiger partial charge in [-0.15, -0.1) is 0 Å². The highest BCUT2D eigenvalue weighted by molar-refractivity contribution is 9.10. The summed E-state index contributed by atoms with van der Waals surface area (Å²) < 4.78 is 19.5. The molecule has 0 bridgehead atoms. The Labute approximate surface area is 102 Å². The van der Waals surface area contributed by atoms with E-state index in [2.05, 4.69) is 15.9 Å². The van der Waals surface area contributed by atoms with Crippen LogP contribution in [0.3, 0.4) is 0 Å². The SMILES string of the molecule is O=CCCc1cc(F)cc(Br)c1OC1CC1. The second-order valence-corrected chi connectivity index (χ2v) is 4.75. The van der Waals surface area contributed by atoms with Crippen LogP contribution in [0.4, 0.5) is 4.39 Å². The van der Waals surface area contributed by atoms with Crippen LogP contribution in [0.1, 0.15) is 24.8 Å². The molecule has 0 radical (unpaired) electrons. The maximum Gasteiger partial charge on any atom is 0.137 e. The van der Waals surface area contributed by atoms with Gasteiger partial charge in [-0.1, -0.05) is 0 Å². The van der Waals surface area contributed by atoms with E-state index >= 15 is 0 Å². The number of ether oxygens (including phenoxy) is 1. The molecule has 16 heavy (non-hydrogen) atoms. The number of benzene rings is 1. The Bertz CT molecular complexity index is 402. The number of hydrogen-bond donors (Lipinski definition) is 0. The Morgan fingerprint density at radius 3 is 2.88 bits per heavy atom. The molecule has 0 saturated heterocycles. The zero-order valence-corrected chi connectivity index (χ0v) is 10.3. The lowest BCUT2D eigenvalue weighted by atomic mass is 10.1. The fourth-order valence-electron chi connectivity index (χ4n) is 1.50. The highest BCUT2D eigenvalue weighted by Gasteiger charge is 2.25. The number of aryl methyl sites for hydroxylation is 1. The first kappa shape index (κ1) is 11.6. The van der Waals surface area contributed by atoms with Gasteiger partial charge in [0.1, 0.15) is 17.9 Å². The number of halogens is 2. The van der Waals surface area contributed by atoms with E-state index in [-0.39, 0.29) is 11.9 Å². The largest absolute Gasteiger partial charge is 0.489 e. The summed E-state index contributed by atoms with van der Waals surface area (Å²) in [6.45, 7) is 0. The van der Waals surface area contributed by atoms with Gasteiger partial charge in [0.15, 0.2) is 0 Å². The van der Waals surface area contributed by atoms with Crippen molar-refractivity contribution in [3.8, 4) is 5.75 Å². The lowest BCUT2D eigenvalue weighted by Gasteiger charge is -2.12. The van der Waals surface area contributed by atoms with Gasteiger partial charge in [-0.05, 0) is 52.9 Å². The second-order valence-electron chi connectivity index (χ2n) is 3.90. The molecule has 0 atom stereocenters. The van der Waals surface area contributed by atoms with Crippen molar-refractivity contribution in [1.29, 1.82) is 0 Å². The Kier molecular flexibility index (Phi) is 3.59.